The Morgan fingerprint density at radius 1 is 1.17 bits per heavy atom. The molecule has 2 aromatic carbocycles. The number of nitrogens with one attached hydrogen (secondary N) is 1. The van der Waals surface area contributed by atoms with E-state index in [4.69, 9.17) is 23.1 Å². The number of hydrogen-bond acceptors (Lipinski definition) is 5. The van der Waals surface area contributed by atoms with Crippen LogP contribution < -0.4 is 16.8 Å². The first-order chi connectivity index (χ1) is 13.8. The molecule has 0 saturated carbocycles. The summed E-state index contributed by atoms with van der Waals surface area (Å²) in [5.41, 5.74) is 14.7. The highest BCUT2D eigenvalue weighted by atomic mass is 35.5. The first-order valence-corrected chi connectivity index (χ1v) is 9.24. The third-order valence-electron chi connectivity index (χ3n) is 4.41. The largest absolute Gasteiger partial charge is 0.382 e. The molecular formula is C21H20ClN5O2. The van der Waals surface area contributed by atoms with Gasteiger partial charge in [0.2, 0.25) is 0 Å². The molecule has 8 heteroatoms. The number of halogens is 1. The summed E-state index contributed by atoms with van der Waals surface area (Å²) in [5, 5.41) is 3.53. The van der Waals surface area contributed by atoms with E-state index in [9.17, 15) is 9.59 Å². The molecule has 0 unspecified atom stereocenters. The summed E-state index contributed by atoms with van der Waals surface area (Å²) in [5.74, 6) is -0.945. The van der Waals surface area contributed by atoms with E-state index in [0.29, 0.717) is 29.2 Å². The molecule has 0 saturated heterocycles. The van der Waals surface area contributed by atoms with Crippen LogP contribution in [-0.4, -0.2) is 21.8 Å². The van der Waals surface area contributed by atoms with Gasteiger partial charge in [-0.05, 0) is 47.9 Å². The number of hydrogen-bond donors (Lipinski definition) is 3. The predicted octanol–water partition coefficient (Wildman–Crippen LogP) is 2.64. The van der Waals surface area contributed by atoms with Crippen molar-refractivity contribution in [2.24, 2.45) is 5.73 Å². The normalized spacial score (nSPS) is 10.6. The van der Waals surface area contributed by atoms with Crippen molar-refractivity contribution in [1.29, 1.82) is 0 Å². The van der Waals surface area contributed by atoms with Crippen molar-refractivity contribution in [3.63, 3.8) is 0 Å². The number of carbonyl (C=O) groups excluding carboxylic acids is 2. The van der Waals surface area contributed by atoms with E-state index < -0.39 is 5.91 Å². The molecule has 29 heavy (non-hydrogen) atoms. The molecule has 0 aliphatic heterocycles. The van der Waals surface area contributed by atoms with Crippen LogP contribution >= 0.6 is 11.6 Å². The number of benzene rings is 2. The number of aromatic nitrogens is 2. The molecule has 0 atom stereocenters. The van der Waals surface area contributed by atoms with E-state index in [1.165, 1.54) is 6.20 Å². The lowest BCUT2D eigenvalue weighted by Gasteiger charge is -2.10. The van der Waals surface area contributed by atoms with Crippen molar-refractivity contribution in [3.8, 4) is 0 Å². The summed E-state index contributed by atoms with van der Waals surface area (Å²) in [6.07, 6.45) is 1.86. The Morgan fingerprint density at radius 3 is 2.72 bits per heavy atom. The zero-order chi connectivity index (χ0) is 21.0. The van der Waals surface area contributed by atoms with Gasteiger partial charge in [-0.3, -0.25) is 9.59 Å². The standard InChI is InChI=1S/C21H20ClN5O2/c1-12-5-6-16(22)9-15(12)10-26-21(29)14-4-2-3-13(7-14)8-17-11-25-19(23)18(27-17)20(24)28/h2-7,9,11H,8,10H2,1H3,(H2,23,25)(H2,24,28)(H,26,29). The van der Waals surface area contributed by atoms with E-state index in [-0.39, 0.29) is 17.4 Å². The topological polar surface area (TPSA) is 124 Å². The highest BCUT2D eigenvalue weighted by Gasteiger charge is 2.12. The molecule has 0 fully saturated rings. The highest BCUT2D eigenvalue weighted by Crippen LogP contribution is 2.16. The molecule has 2 amide bonds. The third kappa shape index (κ3) is 5.08. The number of nitrogens with zero attached hydrogens (tertiary/aromatic N) is 2. The molecular weight excluding hydrogens is 390 g/mol. The van der Waals surface area contributed by atoms with Gasteiger partial charge in [-0.15, -0.1) is 0 Å². The number of primary amides is 1. The third-order valence-corrected chi connectivity index (χ3v) is 4.64. The fourth-order valence-electron chi connectivity index (χ4n) is 2.84. The van der Waals surface area contributed by atoms with Crippen LogP contribution in [0, 0.1) is 6.92 Å². The Hall–Kier alpha value is -3.45. The zero-order valence-corrected chi connectivity index (χ0v) is 16.5. The Kier molecular flexibility index (Phi) is 6.09. The number of nitrogens with two attached hydrogens (primary N) is 2. The van der Waals surface area contributed by atoms with Gasteiger partial charge in [-0.25, -0.2) is 9.97 Å². The molecule has 0 aliphatic rings. The highest BCUT2D eigenvalue weighted by molar-refractivity contribution is 6.30. The van der Waals surface area contributed by atoms with E-state index in [2.05, 4.69) is 15.3 Å². The molecule has 3 rings (SSSR count). The van der Waals surface area contributed by atoms with Crippen molar-refractivity contribution in [3.05, 3.63) is 87.3 Å². The van der Waals surface area contributed by atoms with Crippen LogP contribution in [0.25, 0.3) is 0 Å². The van der Waals surface area contributed by atoms with Gasteiger partial charge in [0.25, 0.3) is 11.8 Å². The zero-order valence-electron chi connectivity index (χ0n) is 15.8. The molecule has 148 valence electrons. The van der Waals surface area contributed by atoms with Gasteiger partial charge >= 0.3 is 0 Å². The number of amides is 2. The average Bonchev–Trinajstić information content (AvgIpc) is 2.70. The maximum Gasteiger partial charge on any atom is 0.271 e. The van der Waals surface area contributed by atoms with E-state index >= 15 is 0 Å². The van der Waals surface area contributed by atoms with Crippen LogP contribution in [0.1, 0.15) is 43.2 Å². The first-order valence-electron chi connectivity index (χ1n) is 8.87. The van der Waals surface area contributed by atoms with E-state index in [1.807, 2.05) is 31.2 Å². The van der Waals surface area contributed by atoms with Crippen LogP contribution in [0.3, 0.4) is 0 Å². The Balaban J connectivity index is 1.72. The van der Waals surface area contributed by atoms with Gasteiger partial charge in [0.05, 0.1) is 11.9 Å². The van der Waals surface area contributed by atoms with Crippen molar-refractivity contribution in [1.82, 2.24) is 15.3 Å². The minimum Gasteiger partial charge on any atom is -0.382 e. The fourth-order valence-corrected chi connectivity index (χ4v) is 3.04. The number of aryl methyl sites for hydroxylation is 1. The van der Waals surface area contributed by atoms with Crippen LogP contribution in [0.15, 0.2) is 48.7 Å². The van der Waals surface area contributed by atoms with E-state index in [0.717, 1.165) is 16.7 Å². The average molecular weight is 410 g/mol. The van der Waals surface area contributed by atoms with Gasteiger partial charge in [0, 0.05) is 23.6 Å². The lowest BCUT2D eigenvalue weighted by molar-refractivity contribution is 0.0949. The summed E-state index contributed by atoms with van der Waals surface area (Å²) in [6.45, 7) is 2.34. The van der Waals surface area contributed by atoms with Gasteiger partial charge in [0.15, 0.2) is 11.5 Å². The number of anilines is 1. The fraction of sp³-hybridized carbons (Fsp3) is 0.143. The predicted molar refractivity (Wildman–Crippen MR) is 112 cm³/mol. The Labute approximate surface area is 173 Å². The summed E-state index contributed by atoms with van der Waals surface area (Å²) < 4.78 is 0. The van der Waals surface area contributed by atoms with E-state index in [1.54, 1.807) is 18.2 Å². The first kappa shape index (κ1) is 20.3. The number of carbonyl (C=O) groups is 2. The Bertz CT molecular complexity index is 1080. The second-order valence-electron chi connectivity index (χ2n) is 6.59. The number of nitrogen functional groups attached to an aromatic ring is 1. The smallest absolute Gasteiger partial charge is 0.271 e. The van der Waals surface area contributed by atoms with Crippen molar-refractivity contribution < 1.29 is 9.59 Å². The van der Waals surface area contributed by atoms with Crippen LogP contribution in [0.5, 0.6) is 0 Å². The van der Waals surface area contributed by atoms with Crippen molar-refractivity contribution >= 4 is 29.2 Å². The quantitative estimate of drug-likeness (QED) is 0.577. The Morgan fingerprint density at radius 2 is 1.97 bits per heavy atom. The molecule has 7 nitrogen and oxygen atoms in total. The number of rotatable bonds is 6. The van der Waals surface area contributed by atoms with Crippen LogP contribution in [0.2, 0.25) is 5.02 Å². The van der Waals surface area contributed by atoms with Gasteiger partial charge in [-0.2, -0.15) is 0 Å². The second kappa shape index (κ2) is 8.70. The van der Waals surface area contributed by atoms with Crippen LogP contribution in [0.4, 0.5) is 5.82 Å². The maximum absolute atomic E-state index is 12.6. The molecule has 1 aromatic heterocycles. The van der Waals surface area contributed by atoms with Gasteiger partial charge in [-0.1, -0.05) is 29.8 Å². The molecule has 0 aliphatic carbocycles. The second-order valence-corrected chi connectivity index (χ2v) is 7.03. The monoisotopic (exact) mass is 409 g/mol. The minimum atomic E-state index is -0.735. The molecule has 0 radical (unpaired) electrons. The van der Waals surface area contributed by atoms with Crippen molar-refractivity contribution in [2.45, 2.75) is 19.9 Å². The molecule has 0 bridgehead atoms. The molecule has 3 aromatic rings. The molecule has 5 N–H and O–H groups in total. The van der Waals surface area contributed by atoms with Crippen LogP contribution in [-0.2, 0) is 13.0 Å². The minimum absolute atomic E-state index is 0.00862. The summed E-state index contributed by atoms with van der Waals surface area (Å²) in [7, 11) is 0. The molecule has 1 heterocycles. The van der Waals surface area contributed by atoms with Gasteiger partial charge < -0.3 is 16.8 Å². The van der Waals surface area contributed by atoms with Crippen molar-refractivity contribution in [2.75, 3.05) is 5.73 Å². The molecule has 0 spiro atoms. The maximum atomic E-state index is 12.6. The summed E-state index contributed by atoms with van der Waals surface area (Å²) >= 11 is 6.03. The lowest BCUT2D eigenvalue weighted by Crippen LogP contribution is -2.23. The summed E-state index contributed by atoms with van der Waals surface area (Å²) in [6, 6.07) is 12.7. The van der Waals surface area contributed by atoms with Gasteiger partial charge in [0.1, 0.15) is 0 Å². The summed E-state index contributed by atoms with van der Waals surface area (Å²) in [4.78, 5) is 32.1. The SMILES string of the molecule is Cc1ccc(Cl)cc1CNC(=O)c1cccc(Cc2cnc(N)c(C(N)=O)n2)c1. The lowest BCUT2D eigenvalue weighted by atomic mass is 10.1.